The van der Waals surface area contributed by atoms with E-state index in [0.717, 1.165) is 10.8 Å². The molecule has 1 unspecified atom stereocenters. The molecule has 31 heavy (non-hydrogen) atoms. The van der Waals surface area contributed by atoms with Crippen LogP contribution in [0.15, 0.2) is 40.2 Å². The highest BCUT2D eigenvalue weighted by molar-refractivity contribution is 5.97. The fourth-order valence-corrected chi connectivity index (χ4v) is 3.34. The van der Waals surface area contributed by atoms with Crippen molar-refractivity contribution in [3.8, 4) is 0 Å². The number of nitrogens with one attached hydrogen (secondary N) is 2. The number of rotatable bonds is 6. The topological polar surface area (TPSA) is 122 Å². The Kier molecular flexibility index (Phi) is 5.77. The lowest BCUT2D eigenvalue weighted by atomic mass is 9.97. The Labute approximate surface area is 173 Å². The first-order chi connectivity index (χ1) is 14.5. The van der Waals surface area contributed by atoms with E-state index in [1.54, 1.807) is 6.92 Å². The first kappa shape index (κ1) is 22.3. The molecule has 166 valence electrons. The lowest BCUT2D eigenvalue weighted by Gasteiger charge is -2.30. The summed E-state index contributed by atoms with van der Waals surface area (Å²) >= 11 is 0. The molecule has 0 aliphatic carbocycles. The van der Waals surface area contributed by atoms with Crippen molar-refractivity contribution in [2.45, 2.75) is 31.7 Å². The number of nitrogens with zero attached hydrogens (tertiary/aromatic N) is 3. The van der Waals surface area contributed by atoms with Crippen LogP contribution in [-0.4, -0.2) is 42.8 Å². The number of carbonyl (C=O) groups excluding carboxylic acids is 1. The maximum atomic E-state index is 13.5. The molecule has 0 saturated heterocycles. The number of carbonyl (C=O) groups is 1. The van der Waals surface area contributed by atoms with E-state index in [0.29, 0.717) is 5.52 Å². The van der Waals surface area contributed by atoms with Gasteiger partial charge in [-0.25, -0.2) is 4.98 Å². The van der Waals surface area contributed by atoms with Gasteiger partial charge < -0.3 is 24.5 Å². The molecule has 3 rings (SSSR count). The van der Waals surface area contributed by atoms with Gasteiger partial charge in [0.2, 0.25) is 5.60 Å². The van der Waals surface area contributed by atoms with Gasteiger partial charge in [-0.05, 0) is 25.1 Å². The number of alkyl halides is 3. The van der Waals surface area contributed by atoms with Crippen LogP contribution in [0.5, 0.6) is 0 Å². The van der Waals surface area contributed by atoms with Gasteiger partial charge in [0.05, 0.1) is 11.0 Å². The number of imidazole rings is 1. The Morgan fingerprint density at radius 3 is 2.58 bits per heavy atom. The molecular weight excluding hydrogens is 419 g/mol. The first-order valence-corrected chi connectivity index (χ1v) is 9.31. The quantitative estimate of drug-likeness (QED) is 0.495. The Bertz CT molecular complexity index is 1240. The van der Waals surface area contributed by atoms with Gasteiger partial charge in [0.25, 0.3) is 5.91 Å². The number of halogens is 3. The largest absolute Gasteiger partial charge is 0.424 e. The third-order valence-electron chi connectivity index (χ3n) is 4.99. The third kappa shape index (κ3) is 3.98. The van der Waals surface area contributed by atoms with Crippen LogP contribution in [0.4, 0.5) is 13.2 Å². The second kappa shape index (κ2) is 8.02. The number of aromatic amines is 1. The molecule has 0 aliphatic rings. The molecule has 0 spiro atoms. The number of hydrogen-bond acceptors (Lipinski definition) is 5. The van der Waals surface area contributed by atoms with Gasteiger partial charge in [0.15, 0.2) is 0 Å². The molecule has 0 bridgehead atoms. The van der Waals surface area contributed by atoms with Crippen molar-refractivity contribution in [1.29, 1.82) is 0 Å². The van der Waals surface area contributed by atoms with E-state index < -0.39 is 47.6 Å². The number of aliphatic hydroxyl groups is 1. The predicted molar refractivity (Wildman–Crippen MR) is 105 cm³/mol. The summed E-state index contributed by atoms with van der Waals surface area (Å²) in [6, 6.07) is 4.17. The fourth-order valence-electron chi connectivity index (χ4n) is 3.34. The molecule has 0 saturated carbocycles. The van der Waals surface area contributed by atoms with Crippen LogP contribution in [0, 0.1) is 0 Å². The first-order valence-electron chi connectivity index (χ1n) is 9.31. The normalized spacial score (nSPS) is 13.9. The zero-order valence-electron chi connectivity index (χ0n) is 16.7. The highest BCUT2D eigenvalue weighted by atomic mass is 19.4. The van der Waals surface area contributed by atoms with E-state index in [1.807, 2.05) is 0 Å². The van der Waals surface area contributed by atoms with Crippen LogP contribution in [0.1, 0.15) is 29.5 Å². The summed E-state index contributed by atoms with van der Waals surface area (Å²) in [6.07, 6.45) is -3.46. The molecule has 3 aromatic rings. The van der Waals surface area contributed by atoms with E-state index in [-0.39, 0.29) is 17.6 Å². The van der Waals surface area contributed by atoms with Gasteiger partial charge in [-0.15, -0.1) is 0 Å². The van der Waals surface area contributed by atoms with Gasteiger partial charge in [-0.1, -0.05) is 0 Å². The number of hydrogen-bond donors (Lipinski definition) is 3. The number of fused-ring (bicyclic) bond motifs is 1. The average molecular weight is 439 g/mol. The lowest BCUT2D eigenvalue weighted by Crippen LogP contribution is -2.46. The van der Waals surface area contributed by atoms with Crippen LogP contribution in [0.3, 0.4) is 0 Å². The Morgan fingerprint density at radius 2 is 2.00 bits per heavy atom. The monoisotopic (exact) mass is 439 g/mol. The number of aryl methyl sites for hydroxylation is 2. The summed E-state index contributed by atoms with van der Waals surface area (Å²) in [7, 11) is 1.32. The standard InChI is InChI=1S/C19H20F3N5O4/c1-3-27-13-5-4-11(10-12(13)25-15(29)16(27)30)14(28)23-7-6-18(31,19(20,21)22)17-24-8-9-26(17)2/h4-5,8-10,31H,3,6-7H2,1-2H3,(H,23,28)(H,25,29). The summed E-state index contributed by atoms with van der Waals surface area (Å²) in [5, 5.41) is 12.6. The zero-order chi connectivity index (χ0) is 23.0. The molecule has 2 aromatic heterocycles. The molecule has 0 fully saturated rings. The zero-order valence-corrected chi connectivity index (χ0v) is 16.7. The highest BCUT2D eigenvalue weighted by Gasteiger charge is 2.57. The van der Waals surface area contributed by atoms with Gasteiger partial charge in [0, 0.05) is 44.5 Å². The van der Waals surface area contributed by atoms with E-state index in [9.17, 15) is 32.7 Å². The van der Waals surface area contributed by atoms with Crippen molar-refractivity contribution in [2.75, 3.05) is 6.54 Å². The van der Waals surface area contributed by atoms with Gasteiger partial charge >= 0.3 is 17.3 Å². The fraction of sp³-hybridized carbons (Fsp3) is 0.368. The van der Waals surface area contributed by atoms with Crippen LogP contribution in [0.2, 0.25) is 0 Å². The molecule has 3 N–H and O–H groups in total. The minimum absolute atomic E-state index is 0.0667. The van der Waals surface area contributed by atoms with E-state index in [2.05, 4.69) is 15.3 Å². The molecule has 1 aromatic carbocycles. The predicted octanol–water partition coefficient (Wildman–Crippen LogP) is 1.01. The van der Waals surface area contributed by atoms with Gasteiger partial charge in [-0.3, -0.25) is 14.4 Å². The lowest BCUT2D eigenvalue weighted by molar-refractivity contribution is -0.272. The van der Waals surface area contributed by atoms with Crippen molar-refractivity contribution in [3.05, 3.63) is 62.7 Å². The van der Waals surface area contributed by atoms with Gasteiger partial charge in [0.1, 0.15) is 5.82 Å². The van der Waals surface area contributed by atoms with Crippen molar-refractivity contribution in [2.24, 2.45) is 7.05 Å². The molecule has 12 heteroatoms. The second-order valence-electron chi connectivity index (χ2n) is 6.96. The summed E-state index contributed by atoms with van der Waals surface area (Å²) in [5.41, 5.74) is -4.12. The Hall–Kier alpha value is -3.41. The molecule has 9 nitrogen and oxygen atoms in total. The van der Waals surface area contributed by atoms with E-state index >= 15 is 0 Å². The highest BCUT2D eigenvalue weighted by Crippen LogP contribution is 2.40. The van der Waals surface area contributed by atoms with Crippen molar-refractivity contribution in [3.63, 3.8) is 0 Å². The Balaban J connectivity index is 1.81. The molecule has 1 amide bonds. The minimum Gasteiger partial charge on any atom is -0.374 e. The summed E-state index contributed by atoms with van der Waals surface area (Å²) in [4.78, 5) is 42.1. The number of benzene rings is 1. The van der Waals surface area contributed by atoms with Crippen molar-refractivity contribution < 1.29 is 23.1 Å². The molecule has 0 radical (unpaired) electrons. The maximum Gasteiger partial charge on any atom is 0.424 e. The SMILES string of the molecule is CCn1c(=O)c(=O)[nH]c2cc(C(=O)NCCC(O)(c3nccn3C)C(F)(F)F)ccc21. The molecule has 1 atom stereocenters. The Morgan fingerprint density at radius 1 is 1.29 bits per heavy atom. The molecular formula is C19H20F3N5O4. The van der Waals surface area contributed by atoms with Crippen molar-refractivity contribution in [1.82, 2.24) is 24.4 Å². The van der Waals surface area contributed by atoms with E-state index in [1.165, 1.54) is 36.0 Å². The van der Waals surface area contributed by atoms with E-state index in [4.69, 9.17) is 0 Å². The maximum absolute atomic E-state index is 13.5. The van der Waals surface area contributed by atoms with Crippen LogP contribution in [-0.2, 0) is 19.2 Å². The van der Waals surface area contributed by atoms with Crippen LogP contribution >= 0.6 is 0 Å². The van der Waals surface area contributed by atoms with Crippen molar-refractivity contribution >= 4 is 16.9 Å². The third-order valence-corrected chi connectivity index (χ3v) is 4.99. The van der Waals surface area contributed by atoms with Crippen LogP contribution in [0.25, 0.3) is 11.0 Å². The molecule has 0 aliphatic heterocycles. The number of aromatic nitrogens is 4. The summed E-state index contributed by atoms with van der Waals surface area (Å²) in [6.45, 7) is 1.43. The smallest absolute Gasteiger partial charge is 0.374 e. The second-order valence-corrected chi connectivity index (χ2v) is 6.96. The van der Waals surface area contributed by atoms with Crippen LogP contribution < -0.4 is 16.4 Å². The summed E-state index contributed by atoms with van der Waals surface area (Å²) < 4.78 is 42.9. The minimum atomic E-state index is -5.01. The van der Waals surface area contributed by atoms with Gasteiger partial charge in [-0.2, -0.15) is 13.2 Å². The summed E-state index contributed by atoms with van der Waals surface area (Å²) in [5.74, 6) is -1.29. The average Bonchev–Trinajstić information content (AvgIpc) is 3.14. The number of amides is 1. The molecule has 2 heterocycles. The number of H-pyrrole nitrogens is 1.